The van der Waals surface area contributed by atoms with E-state index >= 15 is 0 Å². The number of carbonyl (C=O) groups excluding carboxylic acids is 2. The largest absolute Gasteiger partial charge is 0.318 e. The number of hydrogen-bond acceptors (Lipinski definition) is 5. The third-order valence-corrected chi connectivity index (χ3v) is 5.12. The summed E-state index contributed by atoms with van der Waals surface area (Å²) >= 11 is 11.6. The average molecular weight is 455 g/mol. The van der Waals surface area contributed by atoms with E-state index in [4.69, 9.17) is 34.3 Å². The van der Waals surface area contributed by atoms with Crippen LogP contribution in [-0.2, 0) is 19.6 Å². The lowest BCUT2D eigenvalue weighted by Crippen LogP contribution is -2.29. The number of nitrogens with zero attached hydrogens (tertiary/aromatic N) is 6. The van der Waals surface area contributed by atoms with Crippen LogP contribution in [0.2, 0.25) is 10.0 Å². The fourth-order valence-electron chi connectivity index (χ4n) is 1.96. The van der Waals surface area contributed by atoms with Crippen LogP contribution in [0.1, 0.15) is 0 Å². The summed E-state index contributed by atoms with van der Waals surface area (Å²) < 4.78 is 26.3. The van der Waals surface area contributed by atoms with Crippen LogP contribution in [-0.4, -0.2) is 20.2 Å². The van der Waals surface area contributed by atoms with Gasteiger partial charge in [0.05, 0.1) is 20.6 Å². The van der Waals surface area contributed by atoms with Crippen molar-refractivity contribution >= 4 is 62.1 Å². The number of halogens is 2. The predicted molar refractivity (Wildman–Crippen MR) is 105 cm³/mol. The summed E-state index contributed by atoms with van der Waals surface area (Å²) in [6, 6.07) is 7.28. The molecule has 0 aliphatic carbocycles. The van der Waals surface area contributed by atoms with Crippen LogP contribution in [0.3, 0.4) is 0 Å². The summed E-state index contributed by atoms with van der Waals surface area (Å²) in [5, 5.41) is 7.67. The minimum absolute atomic E-state index is 0.0398. The van der Waals surface area contributed by atoms with Crippen LogP contribution in [0, 0.1) is 0 Å². The van der Waals surface area contributed by atoms with E-state index in [1.807, 2.05) is 0 Å². The fourth-order valence-corrected chi connectivity index (χ4v) is 3.30. The van der Waals surface area contributed by atoms with Crippen LogP contribution in [0.5, 0.6) is 0 Å². The normalized spacial score (nSPS) is 10.3. The molecule has 0 spiro atoms. The van der Waals surface area contributed by atoms with E-state index in [0.717, 1.165) is 12.1 Å². The van der Waals surface area contributed by atoms with E-state index in [2.05, 4.69) is 30.1 Å². The zero-order valence-electron chi connectivity index (χ0n) is 13.9. The van der Waals surface area contributed by atoms with Crippen molar-refractivity contribution in [3.8, 4) is 0 Å². The Hall–Kier alpha value is -3.47. The standard InChI is InChI=1S/C14H8Cl2N8O4S/c15-9-3-1-7(5-11(9)21-22-17)19-13(25)14(26)20-8-2-4-10(16)12(6-8)29(27,28)24-23-18/h1-6H,(H,19,25)(H,20,26). The van der Waals surface area contributed by atoms with Crippen LogP contribution in [0.4, 0.5) is 17.1 Å². The summed E-state index contributed by atoms with van der Waals surface area (Å²) in [7, 11) is -4.41. The Kier molecular flexibility index (Phi) is 6.89. The fraction of sp³-hybridized carbons (Fsp3) is 0. The maximum atomic E-state index is 12.1. The van der Waals surface area contributed by atoms with Gasteiger partial charge in [-0.25, -0.2) is 8.42 Å². The molecule has 0 aliphatic heterocycles. The van der Waals surface area contributed by atoms with Crippen molar-refractivity contribution in [2.24, 2.45) is 9.63 Å². The van der Waals surface area contributed by atoms with Gasteiger partial charge in [-0.05, 0) is 47.5 Å². The maximum Gasteiger partial charge on any atom is 0.314 e. The zero-order chi connectivity index (χ0) is 21.6. The molecular weight excluding hydrogens is 447 g/mol. The number of anilines is 2. The van der Waals surface area contributed by atoms with Gasteiger partial charge in [0.1, 0.15) is 0 Å². The van der Waals surface area contributed by atoms with Gasteiger partial charge in [-0.15, -0.1) is 0 Å². The smallest absolute Gasteiger partial charge is 0.314 e. The molecule has 0 atom stereocenters. The number of rotatable bonds is 5. The molecular formula is C14H8Cl2N8O4S. The Morgan fingerprint density at radius 2 is 1.45 bits per heavy atom. The number of carbonyl (C=O) groups is 2. The van der Waals surface area contributed by atoms with Gasteiger partial charge in [-0.2, -0.15) is 0 Å². The summed E-state index contributed by atoms with van der Waals surface area (Å²) in [5.74, 6) is -2.24. The second kappa shape index (κ2) is 9.15. The van der Waals surface area contributed by atoms with E-state index in [1.165, 1.54) is 24.3 Å². The van der Waals surface area contributed by atoms with Gasteiger partial charge < -0.3 is 10.6 Å². The number of benzene rings is 2. The SMILES string of the molecule is [N-]=[N+]=Nc1cc(NC(=O)C(=O)Nc2ccc(Cl)c(S(=O)(=O)N=[N+]=[N-])c2)ccc1Cl. The van der Waals surface area contributed by atoms with Gasteiger partial charge in [0, 0.05) is 25.7 Å². The molecule has 12 nitrogen and oxygen atoms in total. The lowest BCUT2D eigenvalue weighted by atomic mass is 10.2. The molecule has 0 unspecified atom stereocenters. The molecule has 0 heterocycles. The van der Waals surface area contributed by atoms with E-state index in [0.29, 0.717) is 0 Å². The van der Waals surface area contributed by atoms with Crippen molar-refractivity contribution in [1.29, 1.82) is 0 Å². The summed E-state index contributed by atoms with van der Waals surface area (Å²) in [5.41, 5.74) is 16.9. The first-order valence-corrected chi connectivity index (χ1v) is 9.45. The van der Waals surface area contributed by atoms with Gasteiger partial charge in [-0.3, -0.25) is 9.59 Å². The molecule has 2 rings (SSSR count). The Morgan fingerprint density at radius 1 is 0.897 bits per heavy atom. The number of sulfonamides is 1. The van der Waals surface area contributed by atoms with Crippen LogP contribution in [0.15, 0.2) is 50.9 Å². The third-order valence-electron chi connectivity index (χ3n) is 3.17. The predicted octanol–water partition coefficient (Wildman–Crippen LogP) is 4.51. The minimum Gasteiger partial charge on any atom is -0.318 e. The van der Waals surface area contributed by atoms with E-state index < -0.39 is 26.7 Å². The van der Waals surface area contributed by atoms with E-state index in [-0.39, 0.29) is 27.1 Å². The number of amides is 2. The molecule has 15 heteroatoms. The van der Waals surface area contributed by atoms with Crippen molar-refractivity contribution < 1.29 is 18.0 Å². The van der Waals surface area contributed by atoms with Gasteiger partial charge in [0.15, 0.2) is 0 Å². The molecule has 2 aromatic rings. The van der Waals surface area contributed by atoms with Gasteiger partial charge >= 0.3 is 11.8 Å². The first-order valence-electron chi connectivity index (χ1n) is 7.26. The van der Waals surface area contributed by atoms with Gasteiger partial charge in [0.2, 0.25) is 0 Å². The molecule has 2 N–H and O–H groups in total. The highest BCUT2D eigenvalue weighted by Gasteiger charge is 2.19. The van der Waals surface area contributed by atoms with E-state index in [9.17, 15) is 18.0 Å². The number of nitrogens with one attached hydrogen (secondary N) is 2. The molecule has 2 aromatic carbocycles. The van der Waals surface area contributed by atoms with Gasteiger partial charge in [0.25, 0.3) is 10.0 Å². The number of hydrogen-bond donors (Lipinski definition) is 2. The van der Waals surface area contributed by atoms with Crippen molar-refractivity contribution in [2.45, 2.75) is 4.90 Å². The molecule has 0 saturated carbocycles. The Labute approximate surface area is 172 Å². The zero-order valence-corrected chi connectivity index (χ0v) is 16.3. The molecule has 0 aromatic heterocycles. The molecule has 0 fully saturated rings. The molecule has 0 aliphatic rings. The average Bonchev–Trinajstić information content (AvgIpc) is 2.66. The highest BCUT2D eigenvalue weighted by Crippen LogP contribution is 2.29. The van der Waals surface area contributed by atoms with E-state index in [1.54, 1.807) is 0 Å². The second-order valence-electron chi connectivity index (χ2n) is 5.06. The summed E-state index contributed by atoms with van der Waals surface area (Å²) in [4.78, 5) is 28.4. The van der Waals surface area contributed by atoms with Crippen LogP contribution >= 0.6 is 23.2 Å². The van der Waals surface area contributed by atoms with Crippen molar-refractivity contribution in [2.75, 3.05) is 10.6 Å². The molecule has 0 bridgehead atoms. The molecule has 0 radical (unpaired) electrons. The van der Waals surface area contributed by atoms with Gasteiger partial charge in [-0.1, -0.05) is 28.3 Å². The molecule has 148 valence electrons. The van der Waals surface area contributed by atoms with Crippen LogP contribution in [0.25, 0.3) is 20.9 Å². The van der Waals surface area contributed by atoms with Crippen molar-refractivity contribution in [3.63, 3.8) is 0 Å². The topological polar surface area (TPSA) is 190 Å². The van der Waals surface area contributed by atoms with Crippen LogP contribution < -0.4 is 10.6 Å². The minimum atomic E-state index is -4.41. The molecule has 0 saturated heterocycles. The quantitative estimate of drug-likeness (QED) is 0.290. The lowest BCUT2D eigenvalue weighted by Gasteiger charge is -2.09. The Morgan fingerprint density at radius 3 is 2.00 bits per heavy atom. The number of azide groups is 2. The first-order chi connectivity index (χ1) is 13.7. The third kappa shape index (κ3) is 5.51. The van der Waals surface area contributed by atoms with Crippen molar-refractivity contribution in [1.82, 2.24) is 0 Å². The Balaban J connectivity index is 2.20. The molecule has 2 amide bonds. The summed E-state index contributed by atoms with van der Waals surface area (Å²) in [6.07, 6.45) is 0. The highest BCUT2D eigenvalue weighted by molar-refractivity contribution is 7.90. The molecule has 29 heavy (non-hydrogen) atoms. The first kappa shape index (κ1) is 21.8. The second-order valence-corrected chi connectivity index (χ2v) is 7.42. The summed E-state index contributed by atoms with van der Waals surface area (Å²) in [6.45, 7) is 0. The Bertz CT molecular complexity index is 1200. The highest BCUT2D eigenvalue weighted by atomic mass is 35.5. The van der Waals surface area contributed by atoms with Crippen molar-refractivity contribution in [3.05, 3.63) is 67.3 Å². The lowest BCUT2D eigenvalue weighted by molar-refractivity contribution is -0.132. The maximum absolute atomic E-state index is 12.1. The monoisotopic (exact) mass is 454 g/mol.